The summed E-state index contributed by atoms with van der Waals surface area (Å²) >= 11 is 0. The van der Waals surface area contributed by atoms with Gasteiger partial charge in [0.1, 0.15) is 24.2 Å². The largest absolute Gasteiger partial charge is 0.481 e. The number of carbonyl (C=O) groups excluding carboxylic acids is 4. The van der Waals surface area contributed by atoms with E-state index in [0.29, 0.717) is 18.4 Å². The van der Waals surface area contributed by atoms with Crippen molar-refractivity contribution in [2.45, 2.75) is 123 Å². The second-order valence-electron chi connectivity index (χ2n) is 11.9. The first-order valence-corrected chi connectivity index (χ1v) is 16.0. The van der Waals surface area contributed by atoms with E-state index in [1.54, 1.807) is 58.0 Å². The third-order valence-electron chi connectivity index (χ3n) is 7.75. The summed E-state index contributed by atoms with van der Waals surface area (Å²) in [6.45, 7) is 9.10. The number of carboxylic acids is 2. The highest BCUT2D eigenvalue weighted by Crippen LogP contribution is 2.12. The van der Waals surface area contributed by atoms with Crippen molar-refractivity contribution >= 4 is 35.6 Å². The quantitative estimate of drug-likeness (QED) is 0.105. The van der Waals surface area contributed by atoms with Crippen LogP contribution in [0.2, 0.25) is 0 Å². The van der Waals surface area contributed by atoms with E-state index < -0.39 is 66.2 Å². The predicted molar refractivity (Wildman–Crippen MR) is 170 cm³/mol. The lowest BCUT2D eigenvalue weighted by Gasteiger charge is -2.28. The van der Waals surface area contributed by atoms with E-state index in [1.165, 1.54) is 0 Å². The molecule has 0 heterocycles. The van der Waals surface area contributed by atoms with E-state index in [4.69, 9.17) is 0 Å². The maximum atomic E-state index is 13.6. The van der Waals surface area contributed by atoms with Gasteiger partial charge < -0.3 is 31.5 Å². The van der Waals surface area contributed by atoms with E-state index in [-0.39, 0.29) is 31.1 Å². The Morgan fingerprint density at radius 3 is 1.84 bits per heavy atom. The van der Waals surface area contributed by atoms with Gasteiger partial charge in [-0.3, -0.25) is 24.0 Å². The summed E-state index contributed by atoms with van der Waals surface area (Å²) in [7, 11) is 0. The zero-order valence-corrected chi connectivity index (χ0v) is 27.3. The molecule has 0 saturated heterocycles. The number of nitrogens with one attached hydrogen (secondary N) is 4. The van der Waals surface area contributed by atoms with Crippen LogP contribution in [0.15, 0.2) is 30.3 Å². The monoisotopic (exact) mass is 632 g/mol. The molecule has 0 aliphatic rings. The number of rotatable bonds is 22. The van der Waals surface area contributed by atoms with Crippen molar-refractivity contribution in [2.75, 3.05) is 0 Å². The molecule has 1 aromatic rings. The summed E-state index contributed by atoms with van der Waals surface area (Å²) < 4.78 is 0. The van der Waals surface area contributed by atoms with Crippen molar-refractivity contribution in [1.29, 1.82) is 0 Å². The van der Waals surface area contributed by atoms with Crippen LogP contribution in [-0.4, -0.2) is 69.9 Å². The summed E-state index contributed by atoms with van der Waals surface area (Å²) in [6, 6.07) is 4.16. The zero-order valence-electron chi connectivity index (χ0n) is 27.3. The normalized spacial score (nSPS) is 14.4. The first-order chi connectivity index (χ1) is 21.3. The van der Waals surface area contributed by atoms with Crippen molar-refractivity contribution < 1.29 is 39.0 Å². The minimum atomic E-state index is -1.37. The predicted octanol–water partition coefficient (Wildman–Crippen LogP) is 3.18. The van der Waals surface area contributed by atoms with E-state index >= 15 is 0 Å². The van der Waals surface area contributed by atoms with Crippen LogP contribution in [0, 0.1) is 11.8 Å². The lowest BCUT2D eigenvalue weighted by molar-refractivity contribution is -0.144. The van der Waals surface area contributed by atoms with Gasteiger partial charge in [0.25, 0.3) is 0 Å². The van der Waals surface area contributed by atoms with Crippen LogP contribution < -0.4 is 21.3 Å². The molecule has 6 N–H and O–H groups in total. The van der Waals surface area contributed by atoms with Crippen molar-refractivity contribution in [1.82, 2.24) is 21.3 Å². The van der Waals surface area contributed by atoms with Crippen molar-refractivity contribution in [3.63, 3.8) is 0 Å². The van der Waals surface area contributed by atoms with Gasteiger partial charge in [-0.05, 0) is 30.2 Å². The molecule has 0 aliphatic heterocycles. The molecule has 0 aliphatic carbocycles. The molecule has 1 aromatic carbocycles. The number of carbonyl (C=O) groups is 6. The number of benzene rings is 1. The number of hydrogen-bond donors (Lipinski definition) is 6. The van der Waals surface area contributed by atoms with Gasteiger partial charge in [-0.25, -0.2) is 4.79 Å². The highest BCUT2D eigenvalue weighted by molar-refractivity contribution is 5.95. The minimum Gasteiger partial charge on any atom is -0.481 e. The van der Waals surface area contributed by atoms with Gasteiger partial charge >= 0.3 is 11.9 Å². The molecule has 12 heteroatoms. The molecule has 5 atom stereocenters. The van der Waals surface area contributed by atoms with Crippen LogP contribution >= 0.6 is 0 Å². The van der Waals surface area contributed by atoms with E-state index in [2.05, 4.69) is 28.2 Å². The lowest BCUT2D eigenvalue weighted by atomic mass is 9.98. The molecule has 0 bridgehead atoms. The molecular formula is C33H52N4O8. The molecular weight excluding hydrogens is 580 g/mol. The Hall–Kier alpha value is -3.96. The molecule has 4 amide bonds. The van der Waals surface area contributed by atoms with Gasteiger partial charge in [-0.1, -0.05) is 97.1 Å². The molecule has 45 heavy (non-hydrogen) atoms. The molecule has 0 fully saturated rings. The zero-order chi connectivity index (χ0) is 33.9. The highest BCUT2D eigenvalue weighted by atomic mass is 16.4. The number of hydrogen-bond acceptors (Lipinski definition) is 6. The van der Waals surface area contributed by atoms with Gasteiger partial charge in [0, 0.05) is 19.3 Å². The molecule has 12 nitrogen and oxygen atoms in total. The summed E-state index contributed by atoms with van der Waals surface area (Å²) in [5.74, 6) is -5.60. The van der Waals surface area contributed by atoms with Crippen LogP contribution in [0.25, 0.3) is 0 Å². The standard InChI is InChI=1S/C33H52N4O8/c1-6-8-9-10-14-17-26(38)36-28(21(3)4)32(43)35-25(20-23-15-12-11-13-16-23)31(42)34-24(18-19-27(39)40)30(41)37-29(33(44)45)22(5)7-2/h11-13,15-16,21-22,24-25,28-29H,6-10,14,17-20H2,1-5H3,(H,34,42)(H,35,43)(H,36,38)(H,37,41)(H,39,40)(H,44,45)/t22-,24-,25-,28-,29-/m0/s1. The molecule has 0 radical (unpaired) electrons. The van der Waals surface area contributed by atoms with Crippen LogP contribution in [0.3, 0.4) is 0 Å². The SMILES string of the molecule is CCCCCCCC(=O)N[C@H](C(=O)N[C@@H](Cc1ccccc1)C(=O)N[C@@H](CCC(=O)O)C(=O)N[C@H](C(=O)O)[C@@H](C)CC)C(C)C. The van der Waals surface area contributed by atoms with Gasteiger partial charge in [-0.15, -0.1) is 0 Å². The van der Waals surface area contributed by atoms with Crippen molar-refractivity contribution in [3.05, 3.63) is 35.9 Å². The van der Waals surface area contributed by atoms with Crippen LogP contribution in [0.4, 0.5) is 0 Å². The van der Waals surface area contributed by atoms with Gasteiger partial charge in [0.15, 0.2) is 0 Å². The molecule has 0 saturated carbocycles. The number of carboxylic acid groups (broad SMARTS) is 2. The summed E-state index contributed by atoms with van der Waals surface area (Å²) in [5.41, 5.74) is 0.712. The first kappa shape index (κ1) is 39.1. The minimum absolute atomic E-state index is 0.0481. The Kier molecular flexibility index (Phi) is 18.1. The van der Waals surface area contributed by atoms with Crippen LogP contribution in [0.1, 0.15) is 98.0 Å². The summed E-state index contributed by atoms with van der Waals surface area (Å²) in [4.78, 5) is 76.1. The van der Waals surface area contributed by atoms with Gasteiger partial charge in [0.2, 0.25) is 23.6 Å². The van der Waals surface area contributed by atoms with Crippen molar-refractivity contribution in [2.24, 2.45) is 11.8 Å². The highest BCUT2D eigenvalue weighted by Gasteiger charge is 2.33. The summed E-state index contributed by atoms with van der Waals surface area (Å²) in [6.07, 6.45) is 4.87. The average molecular weight is 633 g/mol. The van der Waals surface area contributed by atoms with E-state index in [0.717, 1.165) is 25.7 Å². The maximum absolute atomic E-state index is 13.6. The Balaban J connectivity index is 3.18. The molecule has 0 unspecified atom stereocenters. The van der Waals surface area contributed by atoms with Crippen LogP contribution in [-0.2, 0) is 35.2 Å². The fourth-order valence-electron chi connectivity index (χ4n) is 4.74. The number of unbranched alkanes of at least 4 members (excludes halogenated alkanes) is 4. The topological polar surface area (TPSA) is 191 Å². The van der Waals surface area contributed by atoms with E-state index in [1.807, 2.05) is 0 Å². The average Bonchev–Trinajstić information content (AvgIpc) is 2.99. The fraction of sp³-hybridized carbons (Fsp3) is 0.636. The smallest absolute Gasteiger partial charge is 0.326 e. The molecule has 0 spiro atoms. The number of amides is 4. The number of aliphatic carboxylic acids is 2. The van der Waals surface area contributed by atoms with Crippen LogP contribution in [0.5, 0.6) is 0 Å². The van der Waals surface area contributed by atoms with Gasteiger partial charge in [-0.2, -0.15) is 0 Å². The third-order valence-corrected chi connectivity index (χ3v) is 7.75. The Morgan fingerprint density at radius 2 is 1.29 bits per heavy atom. The lowest BCUT2D eigenvalue weighted by Crippen LogP contribution is -2.59. The molecule has 0 aromatic heterocycles. The Morgan fingerprint density at radius 1 is 0.689 bits per heavy atom. The van der Waals surface area contributed by atoms with E-state index in [9.17, 15) is 39.0 Å². The fourth-order valence-corrected chi connectivity index (χ4v) is 4.74. The van der Waals surface area contributed by atoms with Gasteiger partial charge in [0.05, 0.1) is 0 Å². The Labute approximate surface area is 266 Å². The second kappa shape index (κ2) is 20.9. The molecule has 252 valence electrons. The third kappa shape index (κ3) is 15.1. The van der Waals surface area contributed by atoms with Crippen molar-refractivity contribution in [3.8, 4) is 0 Å². The Bertz CT molecular complexity index is 1110. The second-order valence-corrected chi connectivity index (χ2v) is 11.9. The summed E-state index contributed by atoms with van der Waals surface area (Å²) in [5, 5.41) is 29.4. The maximum Gasteiger partial charge on any atom is 0.326 e. The first-order valence-electron chi connectivity index (χ1n) is 16.0. The molecule has 1 rings (SSSR count).